The molecule has 0 heterocycles. The highest BCUT2D eigenvalue weighted by molar-refractivity contribution is 4.65. The molecule has 0 unspecified atom stereocenters. The lowest BCUT2D eigenvalue weighted by atomic mass is 10.3. The van der Waals surface area contributed by atoms with Crippen molar-refractivity contribution in [1.29, 1.82) is 0 Å². The van der Waals surface area contributed by atoms with E-state index in [1.54, 1.807) is 0 Å². The summed E-state index contributed by atoms with van der Waals surface area (Å²) in [6.45, 7) is 0.994. The van der Waals surface area contributed by atoms with Gasteiger partial charge >= 0.3 is 0 Å². The number of hydrogen-bond acceptors (Lipinski definition) is 3. The molecule has 3 nitrogen and oxygen atoms in total. The lowest BCUT2D eigenvalue weighted by Crippen LogP contribution is -2.23. The van der Waals surface area contributed by atoms with Crippen molar-refractivity contribution < 1.29 is 9.94 Å². The van der Waals surface area contributed by atoms with Crippen LogP contribution in [-0.2, 0) is 4.84 Å². The number of aliphatic hydroxyl groups is 1. The van der Waals surface area contributed by atoms with E-state index in [2.05, 4.69) is 5.48 Å². The molecule has 0 radical (unpaired) electrons. The van der Waals surface area contributed by atoms with Crippen LogP contribution in [0.15, 0.2) is 0 Å². The third-order valence-corrected chi connectivity index (χ3v) is 1.99. The molecule has 1 aliphatic rings. The first kappa shape index (κ1) is 8.97. The molecule has 1 saturated carbocycles. The van der Waals surface area contributed by atoms with E-state index in [9.17, 15) is 0 Å². The van der Waals surface area contributed by atoms with Crippen LogP contribution in [0, 0.1) is 0 Å². The molecule has 11 heavy (non-hydrogen) atoms. The maximum absolute atomic E-state index is 8.46. The van der Waals surface area contributed by atoms with Gasteiger partial charge in [-0.05, 0) is 19.3 Å². The molecule has 0 aliphatic heterocycles. The van der Waals surface area contributed by atoms with E-state index < -0.39 is 0 Å². The second-order valence-electron chi connectivity index (χ2n) is 3.00. The first-order chi connectivity index (χ1) is 5.43. The van der Waals surface area contributed by atoms with Crippen molar-refractivity contribution >= 4 is 0 Å². The monoisotopic (exact) mass is 159 g/mol. The van der Waals surface area contributed by atoms with Gasteiger partial charge in [-0.15, -0.1) is 0 Å². The van der Waals surface area contributed by atoms with Crippen molar-refractivity contribution in [2.24, 2.45) is 0 Å². The standard InChI is InChI=1S/C8H17NO2/c10-7-3-6-9-11-8-4-1-2-5-8/h8-10H,1-7H2. The molecular weight excluding hydrogens is 142 g/mol. The second kappa shape index (κ2) is 5.52. The predicted octanol–water partition coefficient (Wildman–Crippen LogP) is 0.833. The average molecular weight is 159 g/mol. The fraction of sp³-hybridized carbons (Fsp3) is 1.00. The van der Waals surface area contributed by atoms with Crippen LogP contribution in [-0.4, -0.2) is 24.4 Å². The molecule has 0 aromatic rings. The third-order valence-electron chi connectivity index (χ3n) is 1.99. The fourth-order valence-corrected chi connectivity index (χ4v) is 1.33. The minimum absolute atomic E-state index is 0.237. The van der Waals surface area contributed by atoms with E-state index in [1.165, 1.54) is 25.7 Å². The lowest BCUT2D eigenvalue weighted by Gasteiger charge is -2.10. The van der Waals surface area contributed by atoms with Crippen molar-refractivity contribution in [3.05, 3.63) is 0 Å². The summed E-state index contributed by atoms with van der Waals surface area (Å²) in [4.78, 5) is 5.34. The summed E-state index contributed by atoms with van der Waals surface area (Å²) >= 11 is 0. The summed E-state index contributed by atoms with van der Waals surface area (Å²) in [6, 6.07) is 0. The second-order valence-corrected chi connectivity index (χ2v) is 3.00. The molecular formula is C8H17NO2. The number of nitrogens with one attached hydrogen (secondary N) is 1. The molecule has 0 bridgehead atoms. The SMILES string of the molecule is OCCCNOC1CCCC1. The van der Waals surface area contributed by atoms with Crippen LogP contribution in [0.3, 0.4) is 0 Å². The zero-order valence-electron chi connectivity index (χ0n) is 6.88. The van der Waals surface area contributed by atoms with E-state index in [0.29, 0.717) is 6.10 Å². The largest absolute Gasteiger partial charge is 0.396 e. The maximum Gasteiger partial charge on any atom is 0.0790 e. The van der Waals surface area contributed by atoms with Crippen molar-refractivity contribution in [2.45, 2.75) is 38.2 Å². The Balaban J connectivity index is 1.86. The Morgan fingerprint density at radius 2 is 2.09 bits per heavy atom. The summed E-state index contributed by atoms with van der Waals surface area (Å²) in [5.41, 5.74) is 2.87. The van der Waals surface area contributed by atoms with Crippen LogP contribution in [0.5, 0.6) is 0 Å². The Bertz CT molecular complexity index is 92.1. The number of hydroxylamine groups is 1. The molecule has 0 amide bonds. The summed E-state index contributed by atoms with van der Waals surface area (Å²) in [5.74, 6) is 0. The van der Waals surface area contributed by atoms with Gasteiger partial charge in [-0.1, -0.05) is 12.8 Å². The smallest absolute Gasteiger partial charge is 0.0790 e. The third kappa shape index (κ3) is 3.70. The van der Waals surface area contributed by atoms with E-state index in [1.807, 2.05) is 0 Å². The predicted molar refractivity (Wildman–Crippen MR) is 43.0 cm³/mol. The maximum atomic E-state index is 8.46. The first-order valence-electron chi connectivity index (χ1n) is 4.43. The van der Waals surface area contributed by atoms with Gasteiger partial charge in [-0.2, -0.15) is 0 Å². The molecule has 0 atom stereocenters. The molecule has 0 spiro atoms. The molecule has 1 rings (SSSR count). The van der Waals surface area contributed by atoms with Crippen LogP contribution in [0.2, 0.25) is 0 Å². The minimum atomic E-state index is 0.237. The van der Waals surface area contributed by atoms with Crippen LogP contribution in [0.4, 0.5) is 0 Å². The Hall–Kier alpha value is -0.120. The normalized spacial score (nSPS) is 19.4. The zero-order chi connectivity index (χ0) is 7.94. The summed E-state index contributed by atoms with van der Waals surface area (Å²) in [7, 11) is 0. The number of aliphatic hydroxyl groups excluding tert-OH is 1. The van der Waals surface area contributed by atoms with E-state index in [0.717, 1.165) is 13.0 Å². The molecule has 0 aromatic carbocycles. The van der Waals surface area contributed by atoms with Gasteiger partial charge in [-0.25, -0.2) is 5.48 Å². The Morgan fingerprint density at radius 3 is 2.73 bits per heavy atom. The van der Waals surface area contributed by atoms with Crippen LogP contribution in [0.1, 0.15) is 32.1 Å². The molecule has 66 valence electrons. The highest BCUT2D eigenvalue weighted by atomic mass is 16.7. The van der Waals surface area contributed by atoms with Crippen molar-refractivity contribution in [3.8, 4) is 0 Å². The average Bonchev–Trinajstić information content (AvgIpc) is 2.50. The van der Waals surface area contributed by atoms with Gasteiger partial charge in [0.05, 0.1) is 6.10 Å². The summed E-state index contributed by atoms with van der Waals surface area (Å²) in [5, 5.41) is 8.46. The van der Waals surface area contributed by atoms with E-state index >= 15 is 0 Å². The zero-order valence-corrected chi connectivity index (χ0v) is 6.88. The van der Waals surface area contributed by atoms with Gasteiger partial charge in [0.2, 0.25) is 0 Å². The topological polar surface area (TPSA) is 41.5 Å². The highest BCUT2D eigenvalue weighted by Crippen LogP contribution is 2.19. The van der Waals surface area contributed by atoms with Crippen molar-refractivity contribution in [1.82, 2.24) is 5.48 Å². The molecule has 0 saturated heterocycles. The molecule has 1 fully saturated rings. The number of hydrogen-bond donors (Lipinski definition) is 2. The quantitative estimate of drug-likeness (QED) is 0.461. The van der Waals surface area contributed by atoms with Gasteiger partial charge in [0.25, 0.3) is 0 Å². The molecule has 2 N–H and O–H groups in total. The highest BCUT2D eigenvalue weighted by Gasteiger charge is 2.14. The van der Waals surface area contributed by atoms with Crippen LogP contribution < -0.4 is 5.48 Å². The van der Waals surface area contributed by atoms with Crippen LogP contribution in [0.25, 0.3) is 0 Å². The van der Waals surface area contributed by atoms with Gasteiger partial charge in [-0.3, -0.25) is 4.84 Å². The Kier molecular flexibility index (Phi) is 4.50. The minimum Gasteiger partial charge on any atom is -0.396 e. The Labute approximate surface area is 67.7 Å². The Morgan fingerprint density at radius 1 is 1.36 bits per heavy atom. The first-order valence-corrected chi connectivity index (χ1v) is 4.43. The fourth-order valence-electron chi connectivity index (χ4n) is 1.33. The molecule has 1 aliphatic carbocycles. The van der Waals surface area contributed by atoms with Gasteiger partial charge in [0, 0.05) is 13.2 Å². The van der Waals surface area contributed by atoms with Gasteiger partial charge in [0.15, 0.2) is 0 Å². The van der Waals surface area contributed by atoms with E-state index in [-0.39, 0.29) is 6.61 Å². The summed E-state index contributed by atoms with van der Waals surface area (Å²) < 4.78 is 0. The lowest BCUT2D eigenvalue weighted by molar-refractivity contribution is -0.0222. The number of rotatable bonds is 5. The summed E-state index contributed by atoms with van der Waals surface area (Å²) in [6.07, 6.45) is 6.16. The van der Waals surface area contributed by atoms with Crippen molar-refractivity contribution in [3.63, 3.8) is 0 Å². The van der Waals surface area contributed by atoms with Crippen molar-refractivity contribution in [2.75, 3.05) is 13.2 Å². The molecule has 3 heteroatoms. The van der Waals surface area contributed by atoms with Crippen LogP contribution >= 0.6 is 0 Å². The molecule has 0 aromatic heterocycles. The van der Waals surface area contributed by atoms with Gasteiger partial charge < -0.3 is 5.11 Å². The van der Waals surface area contributed by atoms with Gasteiger partial charge in [0.1, 0.15) is 0 Å². The van der Waals surface area contributed by atoms with E-state index in [4.69, 9.17) is 9.94 Å².